The number of fused-ring (bicyclic) bond motifs is 1. The van der Waals surface area contributed by atoms with Crippen LogP contribution in [0.2, 0.25) is 5.28 Å². The number of hydrogen-bond acceptors (Lipinski definition) is 5. The number of pyridine rings is 1. The maximum Gasteiger partial charge on any atom is 0.225 e. The zero-order valence-electron chi connectivity index (χ0n) is 10.0. The van der Waals surface area contributed by atoms with Crippen molar-refractivity contribution in [2.24, 2.45) is 0 Å². The third-order valence-corrected chi connectivity index (χ3v) is 3.22. The lowest BCUT2D eigenvalue weighted by atomic mass is 10.2. The van der Waals surface area contributed by atoms with Crippen molar-refractivity contribution in [1.82, 2.24) is 15.0 Å². The van der Waals surface area contributed by atoms with E-state index in [-0.39, 0.29) is 11.3 Å². The summed E-state index contributed by atoms with van der Waals surface area (Å²) in [5, 5.41) is 0.254. The minimum Gasteiger partial charge on any atom is -0.377 e. The first kappa shape index (κ1) is 11.6. The van der Waals surface area contributed by atoms with Crippen molar-refractivity contribution in [2.45, 2.75) is 13.0 Å². The van der Waals surface area contributed by atoms with Crippen LogP contribution in [0.5, 0.6) is 0 Å². The van der Waals surface area contributed by atoms with Crippen LogP contribution in [0.4, 0.5) is 5.82 Å². The standard InChI is InChI=1S/C12H13ClN4O/c1-8-7-18-6-5-17(8)11-10-9(3-2-4-14-10)15-12(13)16-11/h2-4,8H,5-7H2,1H3. The van der Waals surface area contributed by atoms with E-state index in [2.05, 4.69) is 26.8 Å². The maximum absolute atomic E-state index is 5.98. The van der Waals surface area contributed by atoms with E-state index < -0.39 is 0 Å². The zero-order chi connectivity index (χ0) is 12.5. The number of anilines is 1. The summed E-state index contributed by atoms with van der Waals surface area (Å²) in [5.41, 5.74) is 1.56. The molecule has 3 rings (SSSR count). The van der Waals surface area contributed by atoms with E-state index in [0.29, 0.717) is 13.2 Å². The highest BCUT2D eigenvalue weighted by atomic mass is 35.5. The Kier molecular flexibility index (Phi) is 3.01. The van der Waals surface area contributed by atoms with Crippen LogP contribution in [0, 0.1) is 0 Å². The van der Waals surface area contributed by atoms with Crippen molar-refractivity contribution in [2.75, 3.05) is 24.7 Å². The smallest absolute Gasteiger partial charge is 0.225 e. The molecule has 0 aromatic carbocycles. The lowest BCUT2D eigenvalue weighted by molar-refractivity contribution is 0.0986. The number of nitrogens with zero attached hydrogens (tertiary/aromatic N) is 4. The van der Waals surface area contributed by atoms with Gasteiger partial charge in [0.25, 0.3) is 0 Å². The summed E-state index contributed by atoms with van der Waals surface area (Å²) in [6.07, 6.45) is 1.74. The van der Waals surface area contributed by atoms with Crippen molar-refractivity contribution in [3.05, 3.63) is 23.6 Å². The molecular weight excluding hydrogens is 252 g/mol. The Bertz CT molecular complexity index is 577. The van der Waals surface area contributed by atoms with Gasteiger partial charge in [0, 0.05) is 12.7 Å². The summed E-state index contributed by atoms with van der Waals surface area (Å²) < 4.78 is 5.44. The van der Waals surface area contributed by atoms with Crippen LogP contribution < -0.4 is 4.90 Å². The average Bonchev–Trinajstić information content (AvgIpc) is 2.38. The number of aromatic nitrogens is 3. The molecule has 1 unspecified atom stereocenters. The first-order valence-electron chi connectivity index (χ1n) is 5.88. The molecule has 18 heavy (non-hydrogen) atoms. The first-order valence-corrected chi connectivity index (χ1v) is 6.26. The van der Waals surface area contributed by atoms with Gasteiger partial charge in [-0.15, -0.1) is 0 Å². The summed E-state index contributed by atoms with van der Waals surface area (Å²) in [4.78, 5) is 15.1. The van der Waals surface area contributed by atoms with Gasteiger partial charge in [-0.05, 0) is 30.7 Å². The fraction of sp³-hybridized carbons (Fsp3) is 0.417. The van der Waals surface area contributed by atoms with Crippen LogP contribution in [0.3, 0.4) is 0 Å². The predicted octanol–water partition coefficient (Wildman–Crippen LogP) is 1.90. The fourth-order valence-electron chi connectivity index (χ4n) is 2.17. The molecule has 0 amide bonds. The average molecular weight is 265 g/mol. The largest absolute Gasteiger partial charge is 0.377 e. The molecule has 1 atom stereocenters. The Balaban J connectivity index is 2.15. The number of ether oxygens (including phenoxy) is 1. The molecule has 0 N–H and O–H groups in total. The third-order valence-electron chi connectivity index (χ3n) is 3.05. The van der Waals surface area contributed by atoms with Gasteiger partial charge >= 0.3 is 0 Å². The molecule has 5 nitrogen and oxygen atoms in total. The maximum atomic E-state index is 5.98. The van der Waals surface area contributed by atoms with Crippen LogP contribution >= 0.6 is 11.6 Å². The third kappa shape index (κ3) is 2.00. The fourth-order valence-corrected chi connectivity index (χ4v) is 2.34. The summed E-state index contributed by atoms with van der Waals surface area (Å²) in [6.45, 7) is 4.28. The minimum atomic E-state index is 0.254. The van der Waals surface area contributed by atoms with Crippen molar-refractivity contribution < 1.29 is 4.74 Å². The minimum absolute atomic E-state index is 0.254. The SMILES string of the molecule is CC1COCCN1c1nc(Cl)nc2cccnc12. The van der Waals surface area contributed by atoms with Crippen molar-refractivity contribution in [3.63, 3.8) is 0 Å². The van der Waals surface area contributed by atoms with Gasteiger partial charge in [-0.2, -0.15) is 4.98 Å². The van der Waals surface area contributed by atoms with Crippen LogP contribution in [0.15, 0.2) is 18.3 Å². The van der Waals surface area contributed by atoms with Crippen LogP contribution in [0.25, 0.3) is 11.0 Å². The number of hydrogen-bond donors (Lipinski definition) is 0. The number of rotatable bonds is 1. The Morgan fingerprint density at radius 2 is 2.33 bits per heavy atom. The highest BCUT2D eigenvalue weighted by Crippen LogP contribution is 2.25. The molecule has 3 heterocycles. The van der Waals surface area contributed by atoms with E-state index in [9.17, 15) is 0 Å². The summed E-state index contributed by atoms with van der Waals surface area (Å²) in [5.74, 6) is 0.793. The molecule has 0 bridgehead atoms. The molecule has 0 spiro atoms. The van der Waals surface area contributed by atoms with Gasteiger partial charge in [-0.1, -0.05) is 0 Å². The molecular formula is C12H13ClN4O. The molecule has 1 aliphatic heterocycles. The lowest BCUT2D eigenvalue weighted by Crippen LogP contribution is -2.44. The second-order valence-corrected chi connectivity index (χ2v) is 4.64. The normalized spacial score (nSPS) is 20.3. The zero-order valence-corrected chi connectivity index (χ0v) is 10.8. The van der Waals surface area contributed by atoms with Crippen molar-refractivity contribution >= 4 is 28.5 Å². The van der Waals surface area contributed by atoms with Crippen molar-refractivity contribution in [1.29, 1.82) is 0 Å². The Morgan fingerprint density at radius 3 is 3.17 bits per heavy atom. The van der Waals surface area contributed by atoms with E-state index >= 15 is 0 Å². The second-order valence-electron chi connectivity index (χ2n) is 4.30. The summed E-state index contributed by atoms with van der Waals surface area (Å²) in [7, 11) is 0. The number of halogens is 1. The van der Waals surface area contributed by atoms with Gasteiger partial charge in [0.05, 0.1) is 24.8 Å². The topological polar surface area (TPSA) is 51.1 Å². The molecule has 1 aliphatic rings. The molecule has 1 saturated heterocycles. The van der Waals surface area contributed by atoms with E-state index in [1.165, 1.54) is 0 Å². The van der Waals surface area contributed by atoms with Gasteiger partial charge < -0.3 is 9.64 Å². The van der Waals surface area contributed by atoms with E-state index in [0.717, 1.165) is 23.4 Å². The molecule has 1 fully saturated rings. The quantitative estimate of drug-likeness (QED) is 0.737. The number of morpholine rings is 1. The second kappa shape index (κ2) is 4.66. The molecule has 2 aromatic heterocycles. The van der Waals surface area contributed by atoms with Crippen LogP contribution in [0.1, 0.15) is 6.92 Å². The molecule has 0 saturated carbocycles. The Morgan fingerprint density at radius 1 is 1.44 bits per heavy atom. The Labute approximate surface area is 110 Å². The van der Waals surface area contributed by atoms with Gasteiger partial charge in [0.2, 0.25) is 5.28 Å². The highest BCUT2D eigenvalue weighted by Gasteiger charge is 2.23. The molecule has 0 aliphatic carbocycles. The molecule has 6 heteroatoms. The van der Waals surface area contributed by atoms with E-state index in [1.54, 1.807) is 6.20 Å². The monoisotopic (exact) mass is 264 g/mol. The highest BCUT2D eigenvalue weighted by molar-refractivity contribution is 6.28. The van der Waals surface area contributed by atoms with E-state index in [1.807, 2.05) is 12.1 Å². The Hall–Kier alpha value is -1.46. The molecule has 2 aromatic rings. The lowest BCUT2D eigenvalue weighted by Gasteiger charge is -2.34. The summed E-state index contributed by atoms with van der Waals surface area (Å²) in [6, 6.07) is 4.00. The van der Waals surface area contributed by atoms with Gasteiger partial charge in [-0.3, -0.25) is 4.98 Å². The van der Waals surface area contributed by atoms with E-state index in [4.69, 9.17) is 16.3 Å². The van der Waals surface area contributed by atoms with Crippen LogP contribution in [-0.4, -0.2) is 40.8 Å². The van der Waals surface area contributed by atoms with Gasteiger partial charge in [-0.25, -0.2) is 4.98 Å². The summed E-state index contributed by atoms with van der Waals surface area (Å²) >= 11 is 5.98. The van der Waals surface area contributed by atoms with Crippen LogP contribution in [-0.2, 0) is 4.74 Å². The van der Waals surface area contributed by atoms with Gasteiger partial charge in [0.1, 0.15) is 5.52 Å². The molecule has 94 valence electrons. The van der Waals surface area contributed by atoms with Crippen molar-refractivity contribution in [3.8, 4) is 0 Å². The predicted molar refractivity (Wildman–Crippen MR) is 70.0 cm³/mol. The molecule has 0 radical (unpaired) electrons. The van der Waals surface area contributed by atoms with Gasteiger partial charge in [0.15, 0.2) is 5.82 Å². The first-order chi connectivity index (χ1) is 8.75.